The van der Waals surface area contributed by atoms with Gasteiger partial charge in [-0.3, -0.25) is 9.79 Å². The number of carbonyl (C=O) groups excluding carboxylic acids is 1. The first-order chi connectivity index (χ1) is 9.20. The molecule has 1 fully saturated rings. The van der Waals surface area contributed by atoms with Gasteiger partial charge in [-0.2, -0.15) is 0 Å². The van der Waals surface area contributed by atoms with Crippen LogP contribution < -0.4 is 0 Å². The molecule has 19 heavy (non-hydrogen) atoms. The van der Waals surface area contributed by atoms with E-state index in [1.54, 1.807) is 0 Å². The molecule has 0 radical (unpaired) electrons. The third kappa shape index (κ3) is 3.80. The van der Waals surface area contributed by atoms with Gasteiger partial charge in [-0.25, -0.2) is 0 Å². The van der Waals surface area contributed by atoms with Gasteiger partial charge in [0.05, 0.1) is 19.1 Å². The highest BCUT2D eigenvalue weighted by Crippen LogP contribution is 2.24. The largest absolute Gasteiger partial charge is 0.465 e. The van der Waals surface area contributed by atoms with Crippen LogP contribution in [0.4, 0.5) is 0 Å². The van der Waals surface area contributed by atoms with Crippen LogP contribution in [0.2, 0.25) is 5.02 Å². The minimum absolute atomic E-state index is 0.130. The second kappa shape index (κ2) is 6.71. The van der Waals surface area contributed by atoms with E-state index in [2.05, 4.69) is 4.99 Å². The molecule has 1 saturated carbocycles. The first-order valence-electron chi connectivity index (χ1n) is 6.65. The van der Waals surface area contributed by atoms with Crippen molar-refractivity contribution in [1.82, 2.24) is 0 Å². The van der Waals surface area contributed by atoms with Crippen LogP contribution in [0.1, 0.15) is 31.7 Å². The molecule has 0 saturated heterocycles. The molecule has 2 rings (SSSR count). The topological polar surface area (TPSA) is 38.7 Å². The van der Waals surface area contributed by atoms with Gasteiger partial charge >= 0.3 is 5.97 Å². The summed E-state index contributed by atoms with van der Waals surface area (Å²) in [5.41, 5.74) is 2.08. The van der Waals surface area contributed by atoms with Crippen molar-refractivity contribution in [2.24, 2.45) is 10.9 Å². The van der Waals surface area contributed by atoms with Crippen molar-refractivity contribution >= 4 is 23.3 Å². The van der Waals surface area contributed by atoms with E-state index in [9.17, 15) is 4.79 Å². The molecule has 1 aliphatic rings. The van der Waals surface area contributed by atoms with Crippen LogP contribution in [-0.2, 0) is 16.1 Å². The van der Waals surface area contributed by atoms with Crippen molar-refractivity contribution in [3.63, 3.8) is 0 Å². The number of ether oxygens (including phenoxy) is 1. The second-order valence-electron chi connectivity index (χ2n) is 4.63. The van der Waals surface area contributed by atoms with Crippen LogP contribution >= 0.6 is 11.6 Å². The van der Waals surface area contributed by atoms with Gasteiger partial charge < -0.3 is 4.74 Å². The zero-order valence-corrected chi connectivity index (χ0v) is 11.8. The summed E-state index contributed by atoms with van der Waals surface area (Å²) in [6, 6.07) is 7.63. The number of benzene rings is 1. The average molecular weight is 280 g/mol. The molecule has 1 atom stereocenters. The Bertz CT molecular complexity index is 468. The maximum absolute atomic E-state index is 11.8. The van der Waals surface area contributed by atoms with E-state index >= 15 is 0 Å². The van der Waals surface area contributed by atoms with E-state index in [0.717, 1.165) is 35.6 Å². The van der Waals surface area contributed by atoms with Crippen molar-refractivity contribution < 1.29 is 9.53 Å². The number of hydrogen-bond acceptors (Lipinski definition) is 3. The van der Waals surface area contributed by atoms with E-state index in [-0.39, 0.29) is 11.9 Å². The van der Waals surface area contributed by atoms with Crippen molar-refractivity contribution in [2.45, 2.75) is 32.7 Å². The quantitative estimate of drug-likeness (QED) is 0.789. The molecule has 0 bridgehead atoms. The summed E-state index contributed by atoms with van der Waals surface area (Å²) in [5, 5.41) is 0.724. The molecule has 1 aromatic rings. The second-order valence-corrected chi connectivity index (χ2v) is 5.07. The molecule has 3 nitrogen and oxygen atoms in total. The third-order valence-corrected chi connectivity index (χ3v) is 3.53. The van der Waals surface area contributed by atoms with Crippen LogP contribution in [0.25, 0.3) is 0 Å². The summed E-state index contributed by atoms with van der Waals surface area (Å²) in [6.07, 6.45) is 2.78. The van der Waals surface area contributed by atoms with Crippen molar-refractivity contribution in [1.29, 1.82) is 0 Å². The minimum Gasteiger partial charge on any atom is -0.465 e. The lowest BCUT2D eigenvalue weighted by atomic mass is 10.1. The Labute approximate surface area is 118 Å². The maximum Gasteiger partial charge on any atom is 0.314 e. The first kappa shape index (κ1) is 14.1. The average Bonchev–Trinajstić information content (AvgIpc) is 2.87. The minimum atomic E-state index is -0.132. The Kier molecular flexibility index (Phi) is 4.97. The highest BCUT2D eigenvalue weighted by Gasteiger charge is 2.30. The maximum atomic E-state index is 11.8. The van der Waals surface area contributed by atoms with Gasteiger partial charge in [0.25, 0.3) is 0 Å². The highest BCUT2D eigenvalue weighted by molar-refractivity contribution is 6.30. The molecule has 0 aromatic heterocycles. The lowest BCUT2D eigenvalue weighted by Crippen LogP contribution is -2.21. The van der Waals surface area contributed by atoms with E-state index in [1.165, 1.54) is 0 Å². The van der Waals surface area contributed by atoms with E-state index in [0.29, 0.717) is 13.2 Å². The number of rotatable bonds is 4. The summed E-state index contributed by atoms with van der Waals surface area (Å²) < 4.78 is 5.09. The third-order valence-electron chi connectivity index (χ3n) is 3.28. The van der Waals surface area contributed by atoms with Gasteiger partial charge in [-0.15, -0.1) is 0 Å². The van der Waals surface area contributed by atoms with Crippen molar-refractivity contribution in [2.75, 3.05) is 6.61 Å². The van der Waals surface area contributed by atoms with Gasteiger partial charge in [-0.05, 0) is 43.9 Å². The lowest BCUT2D eigenvalue weighted by Gasteiger charge is -2.10. The number of halogens is 1. The summed E-state index contributed by atoms with van der Waals surface area (Å²) >= 11 is 5.84. The van der Waals surface area contributed by atoms with E-state index in [4.69, 9.17) is 16.3 Å². The Hall–Kier alpha value is -1.35. The summed E-state index contributed by atoms with van der Waals surface area (Å²) in [7, 11) is 0. The molecule has 0 spiro atoms. The Morgan fingerprint density at radius 1 is 1.42 bits per heavy atom. The number of nitrogens with zero attached hydrogens (tertiary/aromatic N) is 1. The number of esters is 1. The van der Waals surface area contributed by atoms with Gasteiger partial charge in [0.1, 0.15) is 0 Å². The van der Waals surface area contributed by atoms with Crippen LogP contribution in [0, 0.1) is 5.92 Å². The van der Waals surface area contributed by atoms with Crippen LogP contribution in [0.5, 0.6) is 0 Å². The SMILES string of the molecule is CCOC(=O)C1CCCC1=NCc1ccc(Cl)cc1. The summed E-state index contributed by atoms with van der Waals surface area (Å²) in [5.74, 6) is -0.262. The Morgan fingerprint density at radius 2 is 2.16 bits per heavy atom. The number of hydrogen-bond donors (Lipinski definition) is 0. The van der Waals surface area contributed by atoms with Gasteiger partial charge in [0, 0.05) is 10.7 Å². The molecule has 1 aromatic carbocycles. The molecular weight excluding hydrogens is 262 g/mol. The van der Waals surface area contributed by atoms with Crippen LogP contribution in [0.3, 0.4) is 0 Å². The summed E-state index contributed by atoms with van der Waals surface area (Å²) in [4.78, 5) is 16.4. The Morgan fingerprint density at radius 3 is 2.84 bits per heavy atom. The molecule has 0 aliphatic heterocycles. The highest BCUT2D eigenvalue weighted by atomic mass is 35.5. The molecule has 1 unspecified atom stereocenters. The standard InChI is InChI=1S/C15H18ClNO2/c1-2-19-15(18)13-4-3-5-14(13)17-10-11-6-8-12(16)9-7-11/h6-9,13H,2-5,10H2,1H3. The van der Waals surface area contributed by atoms with Gasteiger partial charge in [0.15, 0.2) is 0 Å². The normalized spacial score (nSPS) is 20.7. The molecule has 0 heterocycles. The molecule has 0 N–H and O–H groups in total. The summed E-state index contributed by atoms with van der Waals surface area (Å²) in [6.45, 7) is 2.86. The monoisotopic (exact) mass is 279 g/mol. The first-order valence-corrected chi connectivity index (χ1v) is 7.02. The van der Waals surface area contributed by atoms with Gasteiger partial charge in [0.2, 0.25) is 0 Å². The fraction of sp³-hybridized carbons (Fsp3) is 0.467. The van der Waals surface area contributed by atoms with Crippen molar-refractivity contribution in [3.05, 3.63) is 34.9 Å². The Balaban J connectivity index is 2.01. The van der Waals surface area contributed by atoms with Crippen LogP contribution in [-0.4, -0.2) is 18.3 Å². The van der Waals surface area contributed by atoms with Crippen LogP contribution in [0.15, 0.2) is 29.3 Å². The zero-order valence-electron chi connectivity index (χ0n) is 11.1. The van der Waals surface area contributed by atoms with Crippen molar-refractivity contribution in [3.8, 4) is 0 Å². The fourth-order valence-corrected chi connectivity index (χ4v) is 2.42. The van der Waals surface area contributed by atoms with E-state index < -0.39 is 0 Å². The number of aliphatic imine (C=N–C) groups is 1. The predicted octanol–water partition coefficient (Wildman–Crippen LogP) is 3.64. The molecule has 102 valence electrons. The molecule has 1 aliphatic carbocycles. The lowest BCUT2D eigenvalue weighted by molar-refractivity contribution is -0.145. The molecule has 0 amide bonds. The predicted molar refractivity (Wildman–Crippen MR) is 76.6 cm³/mol. The van der Waals surface area contributed by atoms with Gasteiger partial charge in [-0.1, -0.05) is 23.7 Å². The molecular formula is C15H18ClNO2. The molecule has 4 heteroatoms. The smallest absolute Gasteiger partial charge is 0.314 e. The van der Waals surface area contributed by atoms with E-state index in [1.807, 2.05) is 31.2 Å². The fourth-order valence-electron chi connectivity index (χ4n) is 2.30. The number of carbonyl (C=O) groups is 1. The zero-order chi connectivity index (χ0) is 13.7.